The van der Waals surface area contributed by atoms with Crippen LogP contribution in [0, 0.1) is 0 Å². The highest BCUT2D eigenvalue weighted by Gasteiger charge is 2.28. The van der Waals surface area contributed by atoms with Crippen molar-refractivity contribution in [3.63, 3.8) is 0 Å². The molecule has 0 saturated heterocycles. The van der Waals surface area contributed by atoms with Crippen molar-refractivity contribution in [2.45, 2.75) is 31.1 Å². The second-order valence-corrected chi connectivity index (χ2v) is 8.70. The van der Waals surface area contributed by atoms with Crippen molar-refractivity contribution in [1.29, 1.82) is 0 Å². The predicted molar refractivity (Wildman–Crippen MR) is 98.8 cm³/mol. The minimum atomic E-state index is -3.62. The van der Waals surface area contributed by atoms with E-state index in [1.807, 2.05) is 32.0 Å². The van der Waals surface area contributed by atoms with Crippen LogP contribution in [-0.2, 0) is 21.2 Å². The third-order valence-electron chi connectivity index (χ3n) is 4.00. The first kappa shape index (κ1) is 19.4. The molecule has 1 N–H and O–H groups in total. The van der Waals surface area contributed by atoms with Gasteiger partial charge in [-0.25, -0.2) is 13.1 Å². The van der Waals surface area contributed by atoms with Crippen LogP contribution < -0.4 is 9.62 Å². The first-order valence-corrected chi connectivity index (χ1v) is 10.3. The molecular formula is C16H24BrN3O3S. The van der Waals surface area contributed by atoms with Crippen molar-refractivity contribution in [2.75, 3.05) is 38.6 Å². The molecule has 0 spiro atoms. The molecule has 0 aliphatic carbocycles. The van der Waals surface area contributed by atoms with Crippen LogP contribution in [0.4, 0.5) is 5.69 Å². The van der Waals surface area contributed by atoms with Gasteiger partial charge >= 0.3 is 0 Å². The minimum Gasteiger partial charge on any atom is -0.312 e. The quantitative estimate of drug-likeness (QED) is 0.688. The van der Waals surface area contributed by atoms with E-state index < -0.39 is 10.0 Å². The zero-order chi connectivity index (χ0) is 17.9. The Kier molecular flexibility index (Phi) is 6.41. The van der Waals surface area contributed by atoms with E-state index in [4.69, 9.17) is 0 Å². The number of carbonyl (C=O) groups excluding carboxylic acids is 1. The van der Waals surface area contributed by atoms with E-state index in [2.05, 4.69) is 20.7 Å². The van der Waals surface area contributed by atoms with Gasteiger partial charge in [0, 0.05) is 29.7 Å². The van der Waals surface area contributed by atoms with E-state index in [9.17, 15) is 13.2 Å². The van der Waals surface area contributed by atoms with Gasteiger partial charge in [-0.15, -0.1) is 0 Å². The van der Waals surface area contributed by atoms with Crippen molar-refractivity contribution in [2.24, 2.45) is 0 Å². The van der Waals surface area contributed by atoms with E-state index in [1.54, 1.807) is 11.0 Å². The average molecular weight is 418 g/mol. The van der Waals surface area contributed by atoms with E-state index in [1.165, 1.54) is 0 Å². The molecule has 1 aliphatic rings. The fourth-order valence-electron chi connectivity index (χ4n) is 2.72. The lowest BCUT2D eigenvalue weighted by Gasteiger charge is -2.18. The Balaban J connectivity index is 2.23. The number of anilines is 1. The van der Waals surface area contributed by atoms with Crippen LogP contribution in [0.1, 0.15) is 25.3 Å². The fraction of sp³-hybridized carbons (Fsp3) is 0.562. The van der Waals surface area contributed by atoms with Gasteiger partial charge in [-0.2, -0.15) is 0 Å². The smallest absolute Gasteiger partial charge is 0.241 e. The van der Waals surface area contributed by atoms with Crippen molar-refractivity contribution < 1.29 is 13.2 Å². The number of amides is 1. The molecule has 134 valence electrons. The molecule has 1 heterocycles. The Morgan fingerprint density at radius 3 is 2.71 bits per heavy atom. The summed E-state index contributed by atoms with van der Waals surface area (Å²) in [7, 11) is 0.279. The Hall–Kier alpha value is -0.960. The second kappa shape index (κ2) is 7.95. The van der Waals surface area contributed by atoms with Crippen LogP contribution in [0.2, 0.25) is 0 Å². The monoisotopic (exact) mass is 417 g/mol. The summed E-state index contributed by atoms with van der Waals surface area (Å²) in [5.41, 5.74) is 1.70. The van der Waals surface area contributed by atoms with Crippen molar-refractivity contribution in [1.82, 2.24) is 9.62 Å². The molecule has 0 aromatic heterocycles. The first-order valence-electron chi connectivity index (χ1n) is 8.03. The maximum atomic E-state index is 12.6. The molecule has 1 aromatic rings. The van der Waals surface area contributed by atoms with Gasteiger partial charge < -0.3 is 9.80 Å². The molecule has 6 nitrogen and oxygen atoms in total. The van der Waals surface area contributed by atoms with Gasteiger partial charge in [0.15, 0.2) is 0 Å². The van der Waals surface area contributed by atoms with Crippen LogP contribution in [0.25, 0.3) is 0 Å². The van der Waals surface area contributed by atoms with Crippen molar-refractivity contribution >= 4 is 37.5 Å². The SMILES string of the molecule is CCC(=O)N1CCc2cc(Br)c(S(=O)(=O)NCCCN(C)C)cc21. The number of hydrogen-bond donors (Lipinski definition) is 1. The maximum Gasteiger partial charge on any atom is 0.241 e. The second-order valence-electron chi connectivity index (χ2n) is 6.11. The summed E-state index contributed by atoms with van der Waals surface area (Å²) in [6.07, 6.45) is 1.88. The standard InChI is InChI=1S/C16H24BrN3O3S/c1-4-16(21)20-9-6-12-10-13(17)15(11-14(12)20)24(22,23)18-7-5-8-19(2)3/h10-11,18H,4-9H2,1-3H3. The predicted octanol–water partition coefficient (Wildman–Crippen LogP) is 1.98. The number of carbonyl (C=O) groups is 1. The normalized spacial score (nSPS) is 14.3. The van der Waals surface area contributed by atoms with E-state index in [-0.39, 0.29) is 10.8 Å². The Morgan fingerprint density at radius 2 is 2.08 bits per heavy atom. The number of hydrogen-bond acceptors (Lipinski definition) is 4. The topological polar surface area (TPSA) is 69.7 Å². The highest BCUT2D eigenvalue weighted by atomic mass is 79.9. The average Bonchev–Trinajstić information content (AvgIpc) is 2.92. The van der Waals surface area contributed by atoms with Crippen LogP contribution in [0.3, 0.4) is 0 Å². The molecule has 0 saturated carbocycles. The summed E-state index contributed by atoms with van der Waals surface area (Å²) in [5.74, 6) is 0.0124. The molecule has 1 aromatic carbocycles. The fourth-order valence-corrected chi connectivity index (χ4v) is 4.90. The highest BCUT2D eigenvalue weighted by Crippen LogP contribution is 2.35. The lowest BCUT2D eigenvalue weighted by atomic mass is 10.2. The number of benzene rings is 1. The van der Waals surface area contributed by atoms with Gasteiger partial charge in [0.05, 0.1) is 4.90 Å². The van der Waals surface area contributed by atoms with Crippen LogP contribution >= 0.6 is 15.9 Å². The third-order valence-corrected chi connectivity index (χ3v) is 6.42. The molecule has 2 rings (SSSR count). The van der Waals surface area contributed by atoms with Crippen LogP contribution in [-0.4, -0.2) is 53.0 Å². The van der Waals surface area contributed by atoms with Crippen molar-refractivity contribution in [3.8, 4) is 0 Å². The van der Waals surface area contributed by atoms with Gasteiger partial charge in [-0.05, 0) is 67.1 Å². The zero-order valence-corrected chi connectivity index (χ0v) is 16.7. The summed E-state index contributed by atoms with van der Waals surface area (Å²) in [5, 5.41) is 0. The van der Waals surface area contributed by atoms with Gasteiger partial charge in [0.1, 0.15) is 0 Å². The van der Waals surface area contributed by atoms with Gasteiger partial charge in [0.2, 0.25) is 15.9 Å². The van der Waals surface area contributed by atoms with Gasteiger partial charge in [-0.3, -0.25) is 4.79 Å². The summed E-state index contributed by atoms with van der Waals surface area (Å²) >= 11 is 3.36. The van der Waals surface area contributed by atoms with E-state index in [0.29, 0.717) is 29.7 Å². The molecule has 0 unspecified atom stereocenters. The molecule has 0 fully saturated rings. The lowest BCUT2D eigenvalue weighted by Crippen LogP contribution is -2.29. The number of sulfonamides is 1. The molecule has 0 radical (unpaired) electrons. The molecule has 24 heavy (non-hydrogen) atoms. The molecule has 1 amide bonds. The Bertz CT molecular complexity index is 720. The first-order chi connectivity index (χ1) is 11.3. The van der Waals surface area contributed by atoms with Crippen LogP contribution in [0.15, 0.2) is 21.5 Å². The summed E-state index contributed by atoms with van der Waals surface area (Å²) in [6, 6.07) is 3.42. The van der Waals surface area contributed by atoms with Gasteiger partial charge in [-0.1, -0.05) is 6.92 Å². The van der Waals surface area contributed by atoms with E-state index >= 15 is 0 Å². The zero-order valence-electron chi connectivity index (χ0n) is 14.3. The number of fused-ring (bicyclic) bond motifs is 1. The lowest BCUT2D eigenvalue weighted by molar-refractivity contribution is -0.118. The summed E-state index contributed by atoms with van der Waals surface area (Å²) < 4.78 is 28.3. The summed E-state index contributed by atoms with van der Waals surface area (Å²) in [6.45, 7) is 3.60. The number of nitrogens with one attached hydrogen (secondary N) is 1. The largest absolute Gasteiger partial charge is 0.312 e. The molecule has 0 atom stereocenters. The van der Waals surface area contributed by atoms with Crippen LogP contribution in [0.5, 0.6) is 0 Å². The Morgan fingerprint density at radius 1 is 1.38 bits per heavy atom. The minimum absolute atomic E-state index is 0.0124. The maximum absolute atomic E-state index is 12.6. The number of nitrogens with zero attached hydrogens (tertiary/aromatic N) is 2. The molecule has 1 aliphatic heterocycles. The molecule has 8 heteroatoms. The van der Waals surface area contributed by atoms with Gasteiger partial charge in [0.25, 0.3) is 0 Å². The summed E-state index contributed by atoms with van der Waals surface area (Å²) in [4.78, 5) is 15.9. The van der Waals surface area contributed by atoms with Crippen molar-refractivity contribution in [3.05, 3.63) is 22.2 Å². The molecular weight excluding hydrogens is 394 g/mol. The Labute approximate surface area is 152 Å². The third kappa shape index (κ3) is 4.36. The number of rotatable bonds is 7. The molecule has 0 bridgehead atoms. The highest BCUT2D eigenvalue weighted by molar-refractivity contribution is 9.10. The number of halogens is 1. The van der Waals surface area contributed by atoms with E-state index in [0.717, 1.165) is 24.9 Å².